The van der Waals surface area contributed by atoms with Crippen LogP contribution in [-0.4, -0.2) is 86.4 Å². The predicted molar refractivity (Wildman–Crippen MR) is 165 cm³/mol. The molecule has 10 nitrogen and oxygen atoms in total. The minimum Gasteiger partial charge on any atom is -0.466 e. The van der Waals surface area contributed by atoms with E-state index in [-0.39, 0.29) is 44.0 Å². The van der Waals surface area contributed by atoms with Crippen molar-refractivity contribution in [2.24, 2.45) is 0 Å². The quantitative estimate of drug-likeness (QED) is 0.0447. The number of carbonyl (C=O) groups excluding carboxylic acids is 3. The van der Waals surface area contributed by atoms with Gasteiger partial charge in [0.05, 0.1) is 19.8 Å². The normalized spacial score (nSPS) is 12.0. The third-order valence-corrected chi connectivity index (χ3v) is 7.26. The number of nitrogens with zero attached hydrogens (tertiary/aromatic N) is 1. The third kappa shape index (κ3) is 24.7. The van der Waals surface area contributed by atoms with Crippen LogP contribution in [0.3, 0.4) is 0 Å². The highest BCUT2D eigenvalue weighted by molar-refractivity contribution is 5.69. The van der Waals surface area contributed by atoms with Gasteiger partial charge in [0.15, 0.2) is 0 Å². The highest BCUT2D eigenvalue weighted by Crippen LogP contribution is 2.15. The molecule has 0 rings (SSSR count). The van der Waals surface area contributed by atoms with Gasteiger partial charge >= 0.3 is 18.1 Å². The molecular weight excluding hydrogens is 540 g/mol. The lowest BCUT2D eigenvalue weighted by Gasteiger charge is -2.24. The van der Waals surface area contributed by atoms with Crippen LogP contribution in [0.2, 0.25) is 0 Å². The summed E-state index contributed by atoms with van der Waals surface area (Å²) in [5.74, 6) is -0.488. The van der Waals surface area contributed by atoms with Gasteiger partial charge < -0.3 is 29.4 Å². The van der Waals surface area contributed by atoms with E-state index in [0.29, 0.717) is 58.4 Å². The number of aliphatic hydroxyl groups is 1. The van der Waals surface area contributed by atoms with Gasteiger partial charge in [0.2, 0.25) is 0 Å². The van der Waals surface area contributed by atoms with Gasteiger partial charge in [-0.15, -0.1) is 0 Å². The van der Waals surface area contributed by atoms with Crippen molar-refractivity contribution in [3.8, 4) is 0 Å². The lowest BCUT2D eigenvalue weighted by atomic mass is 10.1. The van der Waals surface area contributed by atoms with Crippen molar-refractivity contribution >= 4 is 18.1 Å². The SMILES string of the molecule is CCCCCCOC(=O)CCCC(CCCC(=O)OCCCCCC)OC(=O)OCCC(CCO)NCN(CC)CC. The van der Waals surface area contributed by atoms with Crippen LogP contribution in [0.5, 0.6) is 0 Å². The molecule has 0 aromatic rings. The number of carbonyl (C=O) groups is 3. The van der Waals surface area contributed by atoms with Gasteiger partial charge in [0.1, 0.15) is 6.10 Å². The molecule has 0 radical (unpaired) electrons. The first-order chi connectivity index (χ1) is 20.4. The maximum absolute atomic E-state index is 12.5. The number of aliphatic hydroxyl groups excluding tert-OH is 1. The lowest BCUT2D eigenvalue weighted by Crippen LogP contribution is -2.41. The number of hydrogen-bond acceptors (Lipinski definition) is 10. The minimum absolute atomic E-state index is 0.0140. The first kappa shape index (κ1) is 40.1. The lowest BCUT2D eigenvalue weighted by molar-refractivity contribution is -0.144. The van der Waals surface area contributed by atoms with Crippen LogP contribution in [0.4, 0.5) is 4.79 Å². The van der Waals surface area contributed by atoms with E-state index >= 15 is 0 Å². The van der Waals surface area contributed by atoms with Crippen LogP contribution in [0.15, 0.2) is 0 Å². The van der Waals surface area contributed by atoms with Gasteiger partial charge in [-0.3, -0.25) is 14.5 Å². The van der Waals surface area contributed by atoms with Gasteiger partial charge in [-0.1, -0.05) is 66.2 Å². The van der Waals surface area contributed by atoms with Crippen molar-refractivity contribution in [1.29, 1.82) is 0 Å². The molecule has 2 N–H and O–H groups in total. The Bertz CT molecular complexity index is 628. The molecule has 0 fully saturated rings. The second-order valence-electron chi connectivity index (χ2n) is 10.8. The second-order valence-corrected chi connectivity index (χ2v) is 10.8. The molecule has 0 aromatic carbocycles. The standard InChI is InChI=1S/C32H62N2O8/c1-5-9-11-13-24-39-30(36)19-15-17-29(18-16-20-31(37)40-25-14-12-10-6-2)42-32(38)41-26-22-28(21-23-35)33-27-34(7-3)8-4/h28-29,33,35H,5-27H2,1-4H3. The Morgan fingerprint density at radius 2 is 1.21 bits per heavy atom. The minimum atomic E-state index is -0.761. The van der Waals surface area contributed by atoms with Gasteiger partial charge in [0.25, 0.3) is 0 Å². The molecular formula is C32H62N2O8. The predicted octanol–water partition coefficient (Wildman–Crippen LogP) is 6.13. The van der Waals surface area contributed by atoms with Crippen LogP contribution in [0.25, 0.3) is 0 Å². The van der Waals surface area contributed by atoms with Crippen molar-refractivity contribution in [1.82, 2.24) is 10.2 Å². The van der Waals surface area contributed by atoms with Crippen LogP contribution >= 0.6 is 0 Å². The zero-order chi connectivity index (χ0) is 31.3. The average molecular weight is 603 g/mol. The summed E-state index contributed by atoms with van der Waals surface area (Å²) in [7, 11) is 0. The van der Waals surface area contributed by atoms with Crippen molar-refractivity contribution in [2.75, 3.05) is 46.2 Å². The van der Waals surface area contributed by atoms with Gasteiger partial charge in [-0.25, -0.2) is 4.79 Å². The van der Waals surface area contributed by atoms with Crippen molar-refractivity contribution in [2.45, 2.75) is 143 Å². The molecule has 0 aliphatic carbocycles. The van der Waals surface area contributed by atoms with Crippen LogP contribution < -0.4 is 5.32 Å². The van der Waals surface area contributed by atoms with E-state index in [1.807, 2.05) is 0 Å². The van der Waals surface area contributed by atoms with Crippen molar-refractivity contribution < 1.29 is 38.4 Å². The maximum atomic E-state index is 12.5. The molecule has 0 aliphatic heterocycles. The molecule has 248 valence electrons. The third-order valence-electron chi connectivity index (χ3n) is 7.26. The first-order valence-corrected chi connectivity index (χ1v) is 16.6. The molecule has 0 heterocycles. The summed E-state index contributed by atoms with van der Waals surface area (Å²) in [5.41, 5.74) is 0. The molecule has 0 amide bonds. The number of esters is 2. The Morgan fingerprint density at radius 1 is 0.667 bits per heavy atom. The van der Waals surface area contributed by atoms with E-state index < -0.39 is 12.3 Å². The Balaban J connectivity index is 4.65. The van der Waals surface area contributed by atoms with Gasteiger partial charge in [-0.05, 0) is 64.5 Å². The van der Waals surface area contributed by atoms with Crippen LogP contribution in [0.1, 0.15) is 130 Å². The molecule has 1 atom stereocenters. The molecule has 1 unspecified atom stereocenters. The molecule has 0 aliphatic rings. The fourth-order valence-corrected chi connectivity index (χ4v) is 4.45. The fraction of sp³-hybridized carbons (Fsp3) is 0.906. The summed E-state index contributed by atoms with van der Waals surface area (Å²) in [6.45, 7) is 12.1. The maximum Gasteiger partial charge on any atom is 0.508 e. The largest absolute Gasteiger partial charge is 0.508 e. The average Bonchev–Trinajstić information content (AvgIpc) is 2.97. The number of nitrogens with one attached hydrogen (secondary N) is 1. The molecule has 0 saturated carbocycles. The van der Waals surface area contributed by atoms with E-state index in [1.54, 1.807) is 0 Å². The van der Waals surface area contributed by atoms with E-state index in [4.69, 9.17) is 18.9 Å². The second kappa shape index (κ2) is 29.2. The molecule has 42 heavy (non-hydrogen) atoms. The molecule has 0 bridgehead atoms. The zero-order valence-corrected chi connectivity index (χ0v) is 27.2. The molecule has 10 heteroatoms. The van der Waals surface area contributed by atoms with Gasteiger partial charge in [0, 0.05) is 32.2 Å². The smallest absolute Gasteiger partial charge is 0.466 e. The van der Waals surface area contributed by atoms with Crippen LogP contribution in [-0.2, 0) is 28.5 Å². The zero-order valence-electron chi connectivity index (χ0n) is 27.2. The fourth-order valence-electron chi connectivity index (χ4n) is 4.45. The summed E-state index contributed by atoms with van der Waals surface area (Å²) >= 11 is 0. The van der Waals surface area contributed by atoms with Gasteiger partial charge in [-0.2, -0.15) is 0 Å². The Hall–Kier alpha value is -1.91. The summed E-state index contributed by atoms with van der Waals surface area (Å²) in [4.78, 5) is 38.9. The number of unbranched alkanes of at least 4 members (excludes halogenated alkanes) is 6. The highest BCUT2D eigenvalue weighted by atomic mass is 16.7. The Morgan fingerprint density at radius 3 is 1.69 bits per heavy atom. The summed E-state index contributed by atoms with van der Waals surface area (Å²) in [6, 6.07) is 0.0140. The summed E-state index contributed by atoms with van der Waals surface area (Å²) in [5, 5.41) is 12.8. The van der Waals surface area contributed by atoms with E-state index in [2.05, 4.69) is 37.9 Å². The van der Waals surface area contributed by atoms with E-state index in [1.165, 1.54) is 0 Å². The van der Waals surface area contributed by atoms with E-state index in [0.717, 1.165) is 64.5 Å². The highest BCUT2D eigenvalue weighted by Gasteiger charge is 2.18. The number of rotatable bonds is 29. The Kier molecular flexibility index (Phi) is 27.8. The molecule has 0 aromatic heterocycles. The molecule has 0 saturated heterocycles. The van der Waals surface area contributed by atoms with Crippen molar-refractivity contribution in [3.63, 3.8) is 0 Å². The number of hydrogen-bond donors (Lipinski definition) is 2. The summed E-state index contributed by atoms with van der Waals surface area (Å²) in [6.07, 6.45) is 10.7. The monoisotopic (exact) mass is 602 g/mol. The molecule has 0 spiro atoms. The topological polar surface area (TPSA) is 124 Å². The van der Waals surface area contributed by atoms with Crippen molar-refractivity contribution in [3.05, 3.63) is 0 Å². The number of ether oxygens (including phenoxy) is 4. The first-order valence-electron chi connectivity index (χ1n) is 16.6. The van der Waals surface area contributed by atoms with Crippen LogP contribution in [0, 0.1) is 0 Å². The Labute approximate surface area is 255 Å². The summed E-state index contributed by atoms with van der Waals surface area (Å²) < 4.78 is 21.6. The van der Waals surface area contributed by atoms with E-state index in [9.17, 15) is 19.5 Å².